The minimum Gasteiger partial charge on any atom is -0.492 e. The van der Waals surface area contributed by atoms with Crippen molar-refractivity contribution in [3.63, 3.8) is 0 Å². The molecule has 1 fully saturated rings. The third-order valence-corrected chi connectivity index (χ3v) is 2.51. The lowest BCUT2D eigenvalue weighted by Gasteiger charge is -2.26. The van der Waals surface area contributed by atoms with E-state index in [1.165, 1.54) is 12.1 Å². The zero-order valence-corrected chi connectivity index (χ0v) is 9.12. The van der Waals surface area contributed by atoms with E-state index < -0.39 is 0 Å². The Labute approximate surface area is 94.8 Å². The molecule has 1 aliphatic rings. The third kappa shape index (κ3) is 3.47. The van der Waals surface area contributed by atoms with E-state index in [2.05, 4.69) is 11.0 Å². The van der Waals surface area contributed by atoms with Gasteiger partial charge in [0.25, 0.3) is 0 Å². The second-order valence-electron chi connectivity index (χ2n) is 3.69. The van der Waals surface area contributed by atoms with Crippen molar-refractivity contribution in [1.82, 2.24) is 4.90 Å². The van der Waals surface area contributed by atoms with Crippen LogP contribution >= 0.6 is 0 Å². The van der Waals surface area contributed by atoms with Gasteiger partial charge >= 0.3 is 0 Å². The van der Waals surface area contributed by atoms with Gasteiger partial charge in [0.05, 0.1) is 13.2 Å². The average molecular weight is 224 g/mol. The van der Waals surface area contributed by atoms with Gasteiger partial charge in [-0.15, -0.1) is 0 Å². The van der Waals surface area contributed by atoms with Crippen LogP contribution in [0, 0.1) is 11.9 Å². The quantitative estimate of drug-likeness (QED) is 0.770. The summed E-state index contributed by atoms with van der Waals surface area (Å²) in [6.07, 6.45) is 0. The lowest BCUT2D eigenvalue weighted by molar-refractivity contribution is 0.0322. The number of rotatable bonds is 4. The molecule has 2 rings (SSSR count). The lowest BCUT2D eigenvalue weighted by atomic mass is 10.3. The van der Waals surface area contributed by atoms with E-state index in [1.54, 1.807) is 6.07 Å². The summed E-state index contributed by atoms with van der Waals surface area (Å²) in [5.74, 6) is 0.220. The first kappa shape index (κ1) is 11.4. The predicted octanol–water partition coefficient (Wildman–Crippen LogP) is 1.34. The van der Waals surface area contributed by atoms with Crippen molar-refractivity contribution in [2.24, 2.45) is 0 Å². The smallest absolute Gasteiger partial charge is 0.127 e. The summed E-state index contributed by atoms with van der Waals surface area (Å²) in [4.78, 5) is 2.27. The van der Waals surface area contributed by atoms with E-state index in [1.807, 2.05) is 0 Å². The van der Waals surface area contributed by atoms with Crippen LogP contribution in [0.15, 0.2) is 18.2 Å². The average Bonchev–Trinajstić information content (AvgIpc) is 2.30. The second kappa shape index (κ2) is 5.82. The number of hydrogen-bond acceptors (Lipinski definition) is 3. The van der Waals surface area contributed by atoms with Gasteiger partial charge in [-0.3, -0.25) is 4.90 Å². The van der Waals surface area contributed by atoms with Gasteiger partial charge in [-0.1, -0.05) is 0 Å². The van der Waals surface area contributed by atoms with E-state index in [9.17, 15) is 4.39 Å². The van der Waals surface area contributed by atoms with Crippen LogP contribution in [0.4, 0.5) is 4.39 Å². The summed E-state index contributed by atoms with van der Waals surface area (Å²) in [6, 6.07) is 6.98. The van der Waals surface area contributed by atoms with E-state index in [0.717, 1.165) is 32.8 Å². The number of ether oxygens (including phenoxy) is 2. The SMILES string of the molecule is Fc1c[c]cc(OCCN2CCOCC2)c1. The largest absolute Gasteiger partial charge is 0.492 e. The summed E-state index contributed by atoms with van der Waals surface area (Å²) in [6.45, 7) is 4.87. The van der Waals surface area contributed by atoms with Crippen molar-refractivity contribution in [2.75, 3.05) is 39.5 Å². The predicted molar refractivity (Wildman–Crippen MR) is 58.0 cm³/mol. The van der Waals surface area contributed by atoms with Crippen LogP contribution in [0.5, 0.6) is 5.75 Å². The molecule has 0 N–H and O–H groups in total. The van der Waals surface area contributed by atoms with E-state index in [0.29, 0.717) is 12.4 Å². The standard InChI is InChI=1S/C12H15FNO2/c13-11-2-1-3-12(10-11)16-9-6-14-4-7-15-8-5-14/h2-3,10H,4-9H2. The Morgan fingerprint density at radius 2 is 2.19 bits per heavy atom. The molecule has 1 heterocycles. The summed E-state index contributed by atoms with van der Waals surface area (Å²) >= 11 is 0. The first-order chi connectivity index (χ1) is 7.84. The van der Waals surface area contributed by atoms with Gasteiger partial charge < -0.3 is 9.47 Å². The lowest BCUT2D eigenvalue weighted by Crippen LogP contribution is -2.38. The summed E-state index contributed by atoms with van der Waals surface area (Å²) in [5.41, 5.74) is 0. The highest BCUT2D eigenvalue weighted by Crippen LogP contribution is 2.11. The van der Waals surface area contributed by atoms with Crippen molar-refractivity contribution in [3.05, 3.63) is 30.1 Å². The molecule has 1 aromatic rings. The highest BCUT2D eigenvalue weighted by Gasteiger charge is 2.09. The van der Waals surface area contributed by atoms with E-state index in [4.69, 9.17) is 9.47 Å². The molecular weight excluding hydrogens is 209 g/mol. The molecule has 87 valence electrons. The molecule has 1 aliphatic heterocycles. The number of morpholine rings is 1. The van der Waals surface area contributed by atoms with Crippen LogP contribution < -0.4 is 4.74 Å². The van der Waals surface area contributed by atoms with Crippen molar-refractivity contribution < 1.29 is 13.9 Å². The zero-order valence-electron chi connectivity index (χ0n) is 9.12. The number of hydrogen-bond donors (Lipinski definition) is 0. The maximum Gasteiger partial charge on any atom is 0.127 e. The molecule has 0 amide bonds. The van der Waals surface area contributed by atoms with Crippen LogP contribution in [0.1, 0.15) is 0 Å². The van der Waals surface area contributed by atoms with E-state index >= 15 is 0 Å². The molecule has 1 radical (unpaired) electrons. The van der Waals surface area contributed by atoms with Crippen LogP contribution in [0.3, 0.4) is 0 Å². The Kier molecular flexibility index (Phi) is 4.13. The van der Waals surface area contributed by atoms with Gasteiger partial charge in [-0.2, -0.15) is 0 Å². The van der Waals surface area contributed by atoms with Crippen LogP contribution in [0.25, 0.3) is 0 Å². The van der Waals surface area contributed by atoms with Crippen molar-refractivity contribution >= 4 is 0 Å². The second-order valence-corrected chi connectivity index (χ2v) is 3.69. The number of halogens is 1. The van der Waals surface area contributed by atoms with Crippen molar-refractivity contribution in [1.29, 1.82) is 0 Å². The topological polar surface area (TPSA) is 21.7 Å². The maximum atomic E-state index is 12.8. The molecule has 16 heavy (non-hydrogen) atoms. The molecule has 0 unspecified atom stereocenters. The first-order valence-corrected chi connectivity index (χ1v) is 5.44. The normalized spacial score (nSPS) is 17.3. The first-order valence-electron chi connectivity index (χ1n) is 5.44. The van der Waals surface area contributed by atoms with Crippen molar-refractivity contribution in [2.45, 2.75) is 0 Å². The van der Waals surface area contributed by atoms with Gasteiger partial charge in [0.15, 0.2) is 0 Å². The monoisotopic (exact) mass is 224 g/mol. The number of nitrogens with zero attached hydrogens (tertiary/aromatic N) is 1. The molecule has 0 atom stereocenters. The Hall–Kier alpha value is -1.13. The van der Waals surface area contributed by atoms with Crippen LogP contribution in [0.2, 0.25) is 0 Å². The molecule has 0 saturated carbocycles. The Balaban J connectivity index is 1.71. The van der Waals surface area contributed by atoms with Crippen LogP contribution in [-0.2, 0) is 4.74 Å². The number of benzene rings is 1. The summed E-state index contributed by atoms with van der Waals surface area (Å²) in [7, 11) is 0. The summed E-state index contributed by atoms with van der Waals surface area (Å²) in [5, 5.41) is 0. The molecule has 0 aliphatic carbocycles. The van der Waals surface area contributed by atoms with Crippen molar-refractivity contribution in [3.8, 4) is 5.75 Å². The fourth-order valence-corrected chi connectivity index (χ4v) is 1.62. The molecule has 0 spiro atoms. The molecule has 0 aromatic heterocycles. The third-order valence-electron chi connectivity index (χ3n) is 2.51. The minimum atomic E-state index is -0.316. The Morgan fingerprint density at radius 3 is 2.94 bits per heavy atom. The van der Waals surface area contributed by atoms with Gasteiger partial charge in [0.1, 0.15) is 18.2 Å². The molecule has 0 bridgehead atoms. The molecule has 1 saturated heterocycles. The Bertz CT molecular complexity index is 327. The summed E-state index contributed by atoms with van der Waals surface area (Å²) < 4.78 is 23.5. The maximum absolute atomic E-state index is 12.8. The fourth-order valence-electron chi connectivity index (χ4n) is 1.62. The fraction of sp³-hybridized carbons (Fsp3) is 0.500. The van der Waals surface area contributed by atoms with Crippen LogP contribution in [-0.4, -0.2) is 44.4 Å². The highest BCUT2D eigenvalue weighted by molar-refractivity contribution is 5.21. The molecule has 1 aromatic carbocycles. The molecule has 4 heteroatoms. The minimum absolute atomic E-state index is 0.316. The van der Waals surface area contributed by atoms with Gasteiger partial charge in [0, 0.05) is 25.7 Å². The van der Waals surface area contributed by atoms with Gasteiger partial charge in [-0.25, -0.2) is 4.39 Å². The van der Waals surface area contributed by atoms with Gasteiger partial charge in [-0.05, 0) is 18.2 Å². The molecule has 3 nitrogen and oxygen atoms in total. The Morgan fingerprint density at radius 1 is 1.38 bits per heavy atom. The van der Waals surface area contributed by atoms with E-state index in [-0.39, 0.29) is 5.82 Å². The van der Waals surface area contributed by atoms with Gasteiger partial charge in [0.2, 0.25) is 0 Å². The zero-order chi connectivity index (χ0) is 11.2. The highest BCUT2D eigenvalue weighted by atomic mass is 19.1. The molecular formula is C12H15FNO2.